The van der Waals surface area contributed by atoms with Gasteiger partial charge in [0, 0.05) is 13.2 Å². The molecule has 1 atom stereocenters. The van der Waals surface area contributed by atoms with Crippen LogP contribution in [0.25, 0.3) is 0 Å². The van der Waals surface area contributed by atoms with E-state index in [2.05, 4.69) is 11.6 Å². The minimum atomic E-state index is -0.0619. The van der Waals surface area contributed by atoms with Gasteiger partial charge in [-0.2, -0.15) is 0 Å². The van der Waals surface area contributed by atoms with E-state index in [9.17, 15) is 5.11 Å². The standard InChI is InChI=1S/C15H20N2O/c1-5-7-11-17(4)12(3)16-15-13(6-2)9-8-10-14(15)18/h5-12,18H,1H2,2-4H3/b11-7-,13-6-,16-15+. The average molecular weight is 244 g/mol. The van der Waals surface area contributed by atoms with Gasteiger partial charge in [-0.15, -0.1) is 0 Å². The fourth-order valence-corrected chi connectivity index (χ4v) is 1.52. The first-order chi connectivity index (χ1) is 8.60. The zero-order valence-corrected chi connectivity index (χ0v) is 11.2. The van der Waals surface area contributed by atoms with Gasteiger partial charge in [0.05, 0.1) is 0 Å². The Morgan fingerprint density at radius 1 is 1.50 bits per heavy atom. The fourth-order valence-electron chi connectivity index (χ4n) is 1.52. The summed E-state index contributed by atoms with van der Waals surface area (Å²) < 4.78 is 0. The molecule has 0 saturated carbocycles. The molecule has 1 aliphatic carbocycles. The first kappa shape index (κ1) is 14.0. The van der Waals surface area contributed by atoms with E-state index < -0.39 is 0 Å². The molecule has 0 radical (unpaired) electrons. The molecule has 1 N–H and O–H groups in total. The van der Waals surface area contributed by atoms with Crippen molar-refractivity contribution in [1.82, 2.24) is 4.90 Å². The highest BCUT2D eigenvalue weighted by Gasteiger charge is 2.14. The van der Waals surface area contributed by atoms with E-state index in [1.54, 1.807) is 12.2 Å². The van der Waals surface area contributed by atoms with Crippen LogP contribution in [-0.2, 0) is 0 Å². The smallest absolute Gasteiger partial charge is 0.141 e. The molecular formula is C15H20N2O. The van der Waals surface area contributed by atoms with Gasteiger partial charge in [-0.05, 0) is 31.6 Å². The summed E-state index contributed by atoms with van der Waals surface area (Å²) >= 11 is 0. The van der Waals surface area contributed by atoms with E-state index >= 15 is 0 Å². The second kappa shape index (κ2) is 6.64. The van der Waals surface area contributed by atoms with Gasteiger partial charge in [-0.25, -0.2) is 0 Å². The third-order valence-corrected chi connectivity index (χ3v) is 2.72. The summed E-state index contributed by atoms with van der Waals surface area (Å²) in [6, 6.07) is 0. The summed E-state index contributed by atoms with van der Waals surface area (Å²) in [6.45, 7) is 7.53. The van der Waals surface area contributed by atoms with E-state index in [4.69, 9.17) is 0 Å². The molecule has 0 amide bonds. The Morgan fingerprint density at radius 3 is 2.83 bits per heavy atom. The van der Waals surface area contributed by atoms with E-state index in [0.717, 1.165) is 5.57 Å². The summed E-state index contributed by atoms with van der Waals surface area (Å²) in [5.41, 5.74) is 1.56. The van der Waals surface area contributed by atoms with Crippen LogP contribution in [0, 0.1) is 0 Å². The van der Waals surface area contributed by atoms with Crippen molar-refractivity contribution in [3.8, 4) is 0 Å². The molecule has 0 heterocycles. The van der Waals surface area contributed by atoms with Crippen LogP contribution >= 0.6 is 0 Å². The Balaban J connectivity index is 2.93. The highest BCUT2D eigenvalue weighted by molar-refractivity contribution is 6.13. The lowest BCUT2D eigenvalue weighted by molar-refractivity contribution is 0.361. The molecule has 96 valence electrons. The molecular weight excluding hydrogens is 224 g/mol. The zero-order valence-electron chi connectivity index (χ0n) is 11.2. The van der Waals surface area contributed by atoms with Crippen molar-refractivity contribution >= 4 is 5.71 Å². The van der Waals surface area contributed by atoms with Crippen molar-refractivity contribution < 1.29 is 5.11 Å². The van der Waals surface area contributed by atoms with Gasteiger partial charge in [0.2, 0.25) is 0 Å². The van der Waals surface area contributed by atoms with Crippen LogP contribution in [-0.4, -0.2) is 28.9 Å². The molecule has 0 bridgehead atoms. The van der Waals surface area contributed by atoms with E-state index in [1.807, 2.05) is 56.3 Å². The maximum Gasteiger partial charge on any atom is 0.141 e. The highest BCUT2D eigenvalue weighted by Crippen LogP contribution is 2.15. The number of nitrogens with zero attached hydrogens (tertiary/aromatic N) is 2. The van der Waals surface area contributed by atoms with E-state index in [0.29, 0.717) is 5.71 Å². The summed E-state index contributed by atoms with van der Waals surface area (Å²) in [4.78, 5) is 6.49. The second-order valence-corrected chi connectivity index (χ2v) is 4.01. The van der Waals surface area contributed by atoms with Crippen molar-refractivity contribution in [3.63, 3.8) is 0 Å². The summed E-state index contributed by atoms with van der Waals surface area (Å²) in [5.74, 6) is 0.207. The Bertz CT molecular complexity index is 453. The first-order valence-electron chi connectivity index (χ1n) is 5.93. The Hall–Kier alpha value is -2.03. The third-order valence-electron chi connectivity index (χ3n) is 2.72. The predicted molar refractivity (Wildman–Crippen MR) is 77.6 cm³/mol. The SMILES string of the molecule is C=C/C=C\N(C)C(C)/N=C1/C(O)=CC=C/C1=C/C. The van der Waals surface area contributed by atoms with Crippen LogP contribution in [0.1, 0.15) is 13.8 Å². The Labute approximate surface area is 109 Å². The largest absolute Gasteiger partial charge is 0.506 e. The minimum Gasteiger partial charge on any atom is -0.506 e. The number of allylic oxidation sites excluding steroid dienone is 7. The van der Waals surface area contributed by atoms with Crippen LogP contribution in [0.2, 0.25) is 0 Å². The molecule has 1 unspecified atom stereocenters. The van der Waals surface area contributed by atoms with Gasteiger partial charge in [-0.1, -0.05) is 30.9 Å². The van der Waals surface area contributed by atoms with Crippen LogP contribution in [0.15, 0.2) is 65.6 Å². The maximum atomic E-state index is 9.86. The molecule has 0 aromatic carbocycles. The zero-order chi connectivity index (χ0) is 13.5. The number of hydrogen-bond acceptors (Lipinski definition) is 3. The van der Waals surface area contributed by atoms with Gasteiger partial charge in [0.25, 0.3) is 0 Å². The van der Waals surface area contributed by atoms with Crippen molar-refractivity contribution in [1.29, 1.82) is 0 Å². The molecule has 0 saturated heterocycles. The van der Waals surface area contributed by atoms with Gasteiger partial charge >= 0.3 is 0 Å². The lowest BCUT2D eigenvalue weighted by atomic mass is 10.0. The van der Waals surface area contributed by atoms with Crippen LogP contribution in [0.5, 0.6) is 0 Å². The van der Waals surface area contributed by atoms with Crippen molar-refractivity contribution in [2.75, 3.05) is 7.05 Å². The molecule has 0 aliphatic heterocycles. The minimum absolute atomic E-state index is 0.0619. The van der Waals surface area contributed by atoms with E-state index in [1.165, 1.54) is 0 Å². The molecule has 3 nitrogen and oxygen atoms in total. The predicted octanol–water partition coefficient (Wildman–Crippen LogP) is 3.36. The summed E-state index contributed by atoms with van der Waals surface area (Å²) in [7, 11) is 1.93. The second-order valence-electron chi connectivity index (χ2n) is 4.01. The summed E-state index contributed by atoms with van der Waals surface area (Å²) in [6.07, 6.45) is 12.7. The highest BCUT2D eigenvalue weighted by atomic mass is 16.3. The molecule has 1 aliphatic rings. The first-order valence-corrected chi connectivity index (χ1v) is 5.93. The molecule has 0 spiro atoms. The Kier molecular flexibility index (Phi) is 5.18. The Morgan fingerprint density at radius 2 is 2.22 bits per heavy atom. The monoisotopic (exact) mass is 244 g/mol. The molecule has 3 heteroatoms. The van der Waals surface area contributed by atoms with Crippen LogP contribution in [0.4, 0.5) is 0 Å². The normalized spacial score (nSPS) is 21.4. The average Bonchev–Trinajstić information content (AvgIpc) is 2.38. The topological polar surface area (TPSA) is 35.8 Å². The number of aliphatic imine (C=N–C) groups is 1. The van der Waals surface area contributed by atoms with Gasteiger partial charge in [-0.3, -0.25) is 4.99 Å². The van der Waals surface area contributed by atoms with Crippen LogP contribution < -0.4 is 0 Å². The molecule has 0 fully saturated rings. The summed E-state index contributed by atoms with van der Waals surface area (Å²) in [5, 5.41) is 9.86. The lowest BCUT2D eigenvalue weighted by Crippen LogP contribution is -2.24. The van der Waals surface area contributed by atoms with Gasteiger partial charge < -0.3 is 10.0 Å². The van der Waals surface area contributed by atoms with Crippen molar-refractivity contribution in [2.24, 2.45) is 4.99 Å². The molecule has 0 aromatic rings. The lowest BCUT2D eigenvalue weighted by Gasteiger charge is -2.21. The third kappa shape index (κ3) is 3.48. The number of rotatable bonds is 4. The number of aliphatic hydroxyl groups excluding tert-OH is 1. The molecule has 18 heavy (non-hydrogen) atoms. The van der Waals surface area contributed by atoms with Crippen LogP contribution in [0.3, 0.4) is 0 Å². The van der Waals surface area contributed by atoms with Crippen molar-refractivity contribution in [2.45, 2.75) is 20.0 Å². The quantitative estimate of drug-likeness (QED) is 0.770. The van der Waals surface area contributed by atoms with E-state index in [-0.39, 0.29) is 11.9 Å². The fraction of sp³-hybridized carbons (Fsp3) is 0.267. The van der Waals surface area contributed by atoms with Gasteiger partial charge in [0.15, 0.2) is 0 Å². The molecule has 0 aromatic heterocycles. The maximum absolute atomic E-state index is 9.86. The number of aliphatic hydroxyl groups is 1. The van der Waals surface area contributed by atoms with Gasteiger partial charge in [0.1, 0.15) is 17.6 Å². The van der Waals surface area contributed by atoms with Crippen molar-refractivity contribution in [3.05, 3.63) is 60.6 Å². The number of hydrogen-bond donors (Lipinski definition) is 1. The molecule has 1 rings (SSSR count).